The maximum atomic E-state index is 12.5. The molecule has 2 atom stereocenters. The summed E-state index contributed by atoms with van der Waals surface area (Å²) in [6, 6.07) is 14.5. The molecule has 0 aliphatic rings. The van der Waals surface area contributed by atoms with E-state index in [0.29, 0.717) is 10.8 Å². The lowest BCUT2D eigenvalue weighted by Crippen LogP contribution is -2.35. The Morgan fingerprint density at radius 1 is 1.12 bits per heavy atom. The van der Waals surface area contributed by atoms with Gasteiger partial charge in [0, 0.05) is 24.2 Å². The van der Waals surface area contributed by atoms with Crippen LogP contribution in [0.25, 0.3) is 0 Å². The van der Waals surface area contributed by atoms with Crippen molar-refractivity contribution in [3.8, 4) is 5.75 Å². The molecule has 25 heavy (non-hydrogen) atoms. The van der Waals surface area contributed by atoms with Gasteiger partial charge in [0.2, 0.25) is 5.91 Å². The Morgan fingerprint density at radius 2 is 1.76 bits per heavy atom. The van der Waals surface area contributed by atoms with E-state index in [1.807, 2.05) is 42.5 Å². The smallest absolute Gasteiger partial charge is 0.223 e. The van der Waals surface area contributed by atoms with Crippen molar-refractivity contribution in [2.75, 3.05) is 20.8 Å². The van der Waals surface area contributed by atoms with Crippen molar-refractivity contribution in [3.05, 3.63) is 64.7 Å². The van der Waals surface area contributed by atoms with Crippen LogP contribution in [0.5, 0.6) is 5.75 Å². The molecule has 0 aliphatic carbocycles. The van der Waals surface area contributed by atoms with Gasteiger partial charge < -0.3 is 20.5 Å². The zero-order valence-corrected chi connectivity index (χ0v) is 15.1. The van der Waals surface area contributed by atoms with E-state index in [2.05, 4.69) is 5.32 Å². The number of ether oxygens (including phenoxy) is 2. The first-order valence-electron chi connectivity index (χ1n) is 8.00. The minimum Gasteiger partial charge on any atom is -0.496 e. The number of carbonyl (C=O) groups excluding carboxylic acids is 1. The summed E-state index contributed by atoms with van der Waals surface area (Å²) in [6.07, 6.45) is -0.159. The summed E-state index contributed by atoms with van der Waals surface area (Å²) < 4.78 is 10.6. The summed E-state index contributed by atoms with van der Waals surface area (Å²) in [7, 11) is 3.14. The van der Waals surface area contributed by atoms with E-state index >= 15 is 0 Å². The van der Waals surface area contributed by atoms with Gasteiger partial charge in [-0.05, 0) is 17.7 Å². The summed E-state index contributed by atoms with van der Waals surface area (Å²) in [5, 5.41) is 3.60. The van der Waals surface area contributed by atoms with Crippen molar-refractivity contribution in [1.29, 1.82) is 0 Å². The maximum Gasteiger partial charge on any atom is 0.223 e. The van der Waals surface area contributed by atoms with Crippen LogP contribution in [0.3, 0.4) is 0 Å². The predicted octanol–water partition coefficient (Wildman–Crippen LogP) is 2.92. The lowest BCUT2D eigenvalue weighted by Gasteiger charge is -2.23. The van der Waals surface area contributed by atoms with Crippen LogP contribution in [0.4, 0.5) is 0 Å². The van der Waals surface area contributed by atoms with Crippen LogP contribution >= 0.6 is 11.6 Å². The molecular formula is C19H23ClN2O3. The molecule has 2 aromatic carbocycles. The molecule has 0 saturated heterocycles. The molecule has 3 N–H and O–H groups in total. The molecule has 134 valence electrons. The van der Waals surface area contributed by atoms with Gasteiger partial charge in [-0.2, -0.15) is 0 Å². The summed E-state index contributed by atoms with van der Waals surface area (Å²) >= 11 is 6.37. The lowest BCUT2D eigenvalue weighted by molar-refractivity contribution is -0.123. The first kappa shape index (κ1) is 19.2. The summed E-state index contributed by atoms with van der Waals surface area (Å²) in [4.78, 5) is 12.5. The Hall–Kier alpha value is -2.08. The average Bonchev–Trinajstić information content (AvgIpc) is 2.65. The van der Waals surface area contributed by atoms with E-state index in [9.17, 15) is 4.79 Å². The van der Waals surface area contributed by atoms with Gasteiger partial charge in [0.05, 0.1) is 25.7 Å². The van der Waals surface area contributed by atoms with Gasteiger partial charge in [-0.3, -0.25) is 4.79 Å². The molecule has 2 unspecified atom stereocenters. The fourth-order valence-corrected chi connectivity index (χ4v) is 2.87. The van der Waals surface area contributed by atoms with E-state index in [-0.39, 0.29) is 25.0 Å². The summed E-state index contributed by atoms with van der Waals surface area (Å²) in [5.74, 6) is 0.503. The van der Waals surface area contributed by atoms with E-state index in [1.54, 1.807) is 13.2 Å². The monoisotopic (exact) mass is 362 g/mol. The standard InChI is InChI=1S/C19H23ClN2O3/c1-24-13(12-21)11-18(23)22-19(14-7-3-5-9-16(14)20)15-8-4-6-10-17(15)25-2/h3-10,13,19H,11-12,21H2,1-2H3,(H,22,23). The Kier molecular flexibility index (Phi) is 7.25. The molecule has 0 radical (unpaired) electrons. The number of benzene rings is 2. The molecule has 0 heterocycles. The Labute approximate surface area is 153 Å². The van der Waals surface area contributed by atoms with Gasteiger partial charge >= 0.3 is 0 Å². The molecule has 0 aromatic heterocycles. The molecule has 0 spiro atoms. The predicted molar refractivity (Wildman–Crippen MR) is 98.9 cm³/mol. The zero-order valence-electron chi connectivity index (χ0n) is 14.4. The van der Waals surface area contributed by atoms with Crippen LogP contribution in [0, 0.1) is 0 Å². The highest BCUT2D eigenvalue weighted by molar-refractivity contribution is 6.31. The molecule has 6 heteroatoms. The number of halogens is 1. The second-order valence-electron chi connectivity index (χ2n) is 5.56. The molecular weight excluding hydrogens is 340 g/mol. The molecule has 1 amide bonds. The lowest BCUT2D eigenvalue weighted by atomic mass is 9.97. The number of nitrogens with two attached hydrogens (primary N) is 1. The number of hydrogen-bond acceptors (Lipinski definition) is 4. The van der Waals surface area contributed by atoms with Crippen LogP contribution in [-0.4, -0.2) is 32.8 Å². The third-order valence-corrected chi connectivity index (χ3v) is 4.32. The SMILES string of the molecule is COc1ccccc1C(NC(=O)CC(CN)OC)c1ccccc1Cl. The van der Waals surface area contributed by atoms with Crippen LogP contribution in [-0.2, 0) is 9.53 Å². The fourth-order valence-electron chi connectivity index (χ4n) is 2.63. The highest BCUT2D eigenvalue weighted by atomic mass is 35.5. The van der Waals surface area contributed by atoms with Crippen molar-refractivity contribution in [3.63, 3.8) is 0 Å². The van der Waals surface area contributed by atoms with Gasteiger partial charge in [0.1, 0.15) is 5.75 Å². The quantitative estimate of drug-likeness (QED) is 0.757. The molecule has 0 bridgehead atoms. The first-order valence-corrected chi connectivity index (χ1v) is 8.38. The minimum atomic E-state index is -0.437. The highest BCUT2D eigenvalue weighted by Gasteiger charge is 2.23. The van der Waals surface area contributed by atoms with Crippen molar-refractivity contribution in [2.24, 2.45) is 5.73 Å². The van der Waals surface area contributed by atoms with Crippen molar-refractivity contribution < 1.29 is 14.3 Å². The molecule has 2 rings (SSSR count). The molecule has 0 saturated carbocycles. The summed E-state index contributed by atoms with van der Waals surface area (Å²) in [6.45, 7) is 0.273. The van der Waals surface area contributed by atoms with Crippen molar-refractivity contribution in [2.45, 2.75) is 18.6 Å². The summed E-state index contributed by atoms with van der Waals surface area (Å²) in [5.41, 5.74) is 7.23. The van der Waals surface area contributed by atoms with Gasteiger partial charge in [-0.25, -0.2) is 0 Å². The molecule has 0 fully saturated rings. The number of carbonyl (C=O) groups is 1. The molecule has 5 nitrogen and oxygen atoms in total. The second-order valence-corrected chi connectivity index (χ2v) is 5.97. The first-order chi connectivity index (χ1) is 12.1. The Morgan fingerprint density at radius 3 is 2.36 bits per heavy atom. The Balaban J connectivity index is 2.37. The maximum absolute atomic E-state index is 12.5. The average molecular weight is 363 g/mol. The number of para-hydroxylation sites is 1. The van der Waals surface area contributed by atoms with E-state index in [4.69, 9.17) is 26.8 Å². The largest absolute Gasteiger partial charge is 0.496 e. The van der Waals surface area contributed by atoms with Crippen LogP contribution in [0.1, 0.15) is 23.6 Å². The van der Waals surface area contributed by atoms with E-state index < -0.39 is 6.04 Å². The third kappa shape index (κ3) is 4.95. The zero-order chi connectivity index (χ0) is 18.2. The van der Waals surface area contributed by atoms with Crippen molar-refractivity contribution in [1.82, 2.24) is 5.32 Å². The van der Waals surface area contributed by atoms with Gasteiger partial charge in [0.25, 0.3) is 0 Å². The Bertz CT molecular complexity index is 705. The highest BCUT2D eigenvalue weighted by Crippen LogP contribution is 2.33. The van der Waals surface area contributed by atoms with Crippen LogP contribution < -0.4 is 15.8 Å². The molecule has 0 aliphatic heterocycles. The second kappa shape index (κ2) is 9.42. The number of methoxy groups -OCH3 is 2. The number of nitrogens with one attached hydrogen (secondary N) is 1. The topological polar surface area (TPSA) is 73.6 Å². The van der Waals surface area contributed by atoms with Gasteiger partial charge in [-0.15, -0.1) is 0 Å². The number of hydrogen-bond donors (Lipinski definition) is 2. The fraction of sp³-hybridized carbons (Fsp3) is 0.316. The van der Waals surface area contributed by atoms with Gasteiger partial charge in [-0.1, -0.05) is 48.0 Å². The van der Waals surface area contributed by atoms with Crippen LogP contribution in [0.2, 0.25) is 5.02 Å². The normalized spacial score (nSPS) is 13.1. The van der Waals surface area contributed by atoms with E-state index in [1.165, 1.54) is 7.11 Å². The molecule has 2 aromatic rings. The number of rotatable bonds is 8. The number of amides is 1. The van der Waals surface area contributed by atoms with Crippen LogP contribution in [0.15, 0.2) is 48.5 Å². The minimum absolute atomic E-state index is 0.170. The van der Waals surface area contributed by atoms with Crippen molar-refractivity contribution >= 4 is 17.5 Å². The van der Waals surface area contributed by atoms with E-state index in [0.717, 1.165) is 11.1 Å². The van der Waals surface area contributed by atoms with Gasteiger partial charge in [0.15, 0.2) is 0 Å². The third-order valence-electron chi connectivity index (χ3n) is 3.98.